The molecule has 0 radical (unpaired) electrons. The predicted molar refractivity (Wildman–Crippen MR) is 71.7 cm³/mol. The largest absolute Gasteiger partial charge is 0.497 e. The van der Waals surface area contributed by atoms with Gasteiger partial charge in [0, 0.05) is 6.07 Å². The first-order valence-corrected chi connectivity index (χ1v) is 5.79. The Labute approximate surface area is 115 Å². The van der Waals surface area contributed by atoms with Gasteiger partial charge in [-0.25, -0.2) is 4.98 Å². The number of carbonyl (C=O) groups excluding carboxylic acids is 1. The van der Waals surface area contributed by atoms with Gasteiger partial charge in [0.15, 0.2) is 0 Å². The molecule has 20 heavy (non-hydrogen) atoms. The number of rotatable bonds is 4. The van der Waals surface area contributed by atoms with Crippen LogP contribution >= 0.6 is 0 Å². The van der Waals surface area contributed by atoms with Crippen LogP contribution in [0.4, 0.5) is 10.1 Å². The third-order valence-electron chi connectivity index (χ3n) is 2.64. The number of halogens is 1. The van der Waals surface area contributed by atoms with Crippen LogP contribution in [0.25, 0.3) is 0 Å². The van der Waals surface area contributed by atoms with Gasteiger partial charge in [-0.1, -0.05) is 0 Å². The molecule has 6 heteroatoms. The third-order valence-corrected chi connectivity index (χ3v) is 2.64. The smallest absolute Gasteiger partial charge is 0.259 e. The maximum Gasteiger partial charge on any atom is 0.259 e. The maximum absolute atomic E-state index is 12.7. The van der Waals surface area contributed by atoms with Crippen molar-refractivity contribution >= 4 is 11.6 Å². The number of nitrogens with zero attached hydrogens (tertiary/aromatic N) is 1. The molecule has 0 aliphatic rings. The number of pyridine rings is 1. The lowest BCUT2D eigenvalue weighted by atomic mass is 10.1. The Morgan fingerprint density at radius 1 is 1.20 bits per heavy atom. The van der Waals surface area contributed by atoms with E-state index < -0.39 is 5.95 Å². The molecular formula is C14H13FN2O3. The summed E-state index contributed by atoms with van der Waals surface area (Å²) in [5, 5.41) is 2.61. The van der Waals surface area contributed by atoms with Gasteiger partial charge in [-0.2, -0.15) is 4.39 Å². The lowest BCUT2D eigenvalue weighted by Crippen LogP contribution is -2.13. The average Bonchev–Trinajstić information content (AvgIpc) is 2.48. The Hall–Kier alpha value is -2.63. The molecule has 1 amide bonds. The van der Waals surface area contributed by atoms with E-state index in [9.17, 15) is 9.18 Å². The van der Waals surface area contributed by atoms with Crippen LogP contribution in [-0.2, 0) is 0 Å². The van der Waals surface area contributed by atoms with E-state index >= 15 is 0 Å². The third kappa shape index (κ3) is 3.03. The molecule has 1 aromatic carbocycles. The maximum atomic E-state index is 12.7. The van der Waals surface area contributed by atoms with Crippen molar-refractivity contribution in [2.75, 3.05) is 19.5 Å². The first-order valence-electron chi connectivity index (χ1n) is 5.79. The first kappa shape index (κ1) is 13.8. The minimum atomic E-state index is -0.606. The van der Waals surface area contributed by atoms with Crippen LogP contribution in [-0.4, -0.2) is 25.1 Å². The molecule has 0 saturated carbocycles. The fraction of sp³-hybridized carbons (Fsp3) is 0.143. The van der Waals surface area contributed by atoms with E-state index in [-0.39, 0.29) is 5.91 Å². The van der Waals surface area contributed by atoms with E-state index in [1.165, 1.54) is 32.5 Å². The van der Waals surface area contributed by atoms with Gasteiger partial charge in [0.05, 0.1) is 31.7 Å². The van der Waals surface area contributed by atoms with Crippen LogP contribution in [0.15, 0.2) is 36.5 Å². The van der Waals surface area contributed by atoms with E-state index in [0.717, 1.165) is 0 Å². The monoisotopic (exact) mass is 276 g/mol. The quantitative estimate of drug-likeness (QED) is 0.871. The standard InChI is InChI=1S/C14H13FN2O3/c1-19-10-4-5-11(12(7-10)20-2)14(18)17-9-3-6-13(15)16-8-9/h3-8H,1-2H3,(H,17,18). The zero-order chi connectivity index (χ0) is 14.5. The van der Waals surface area contributed by atoms with Crippen LogP contribution in [0.3, 0.4) is 0 Å². The van der Waals surface area contributed by atoms with Crippen molar-refractivity contribution < 1.29 is 18.7 Å². The number of ether oxygens (including phenoxy) is 2. The first-order chi connectivity index (χ1) is 9.63. The topological polar surface area (TPSA) is 60.5 Å². The lowest BCUT2D eigenvalue weighted by Gasteiger charge is -2.10. The predicted octanol–water partition coefficient (Wildman–Crippen LogP) is 2.49. The van der Waals surface area contributed by atoms with Gasteiger partial charge >= 0.3 is 0 Å². The zero-order valence-electron chi connectivity index (χ0n) is 11.0. The Bertz CT molecular complexity index is 614. The number of hydrogen-bond acceptors (Lipinski definition) is 4. The van der Waals surface area contributed by atoms with Crippen LogP contribution in [0.1, 0.15) is 10.4 Å². The molecule has 0 atom stereocenters. The number of amides is 1. The fourth-order valence-corrected chi connectivity index (χ4v) is 1.63. The SMILES string of the molecule is COc1ccc(C(=O)Nc2ccc(F)nc2)c(OC)c1. The molecule has 0 spiro atoms. The molecule has 0 saturated heterocycles. The number of methoxy groups -OCH3 is 2. The molecule has 0 bridgehead atoms. The Morgan fingerprint density at radius 3 is 2.60 bits per heavy atom. The van der Waals surface area contributed by atoms with Crippen molar-refractivity contribution in [1.82, 2.24) is 4.98 Å². The van der Waals surface area contributed by atoms with Crippen LogP contribution < -0.4 is 14.8 Å². The summed E-state index contributed by atoms with van der Waals surface area (Å²) in [6.07, 6.45) is 1.24. The number of carbonyl (C=O) groups is 1. The van der Waals surface area contributed by atoms with E-state index in [4.69, 9.17) is 9.47 Å². The molecule has 1 heterocycles. The molecule has 0 aliphatic carbocycles. The second-order valence-corrected chi connectivity index (χ2v) is 3.89. The minimum Gasteiger partial charge on any atom is -0.497 e. The van der Waals surface area contributed by atoms with E-state index in [2.05, 4.69) is 10.3 Å². The fourth-order valence-electron chi connectivity index (χ4n) is 1.63. The van der Waals surface area contributed by atoms with Crippen molar-refractivity contribution in [3.8, 4) is 11.5 Å². The molecule has 1 aromatic heterocycles. The number of aromatic nitrogens is 1. The zero-order valence-corrected chi connectivity index (χ0v) is 11.0. The van der Waals surface area contributed by atoms with Crippen LogP contribution in [0.2, 0.25) is 0 Å². The molecule has 5 nitrogen and oxygen atoms in total. The van der Waals surface area contributed by atoms with Gasteiger partial charge in [-0.15, -0.1) is 0 Å². The summed E-state index contributed by atoms with van der Waals surface area (Å²) in [5.41, 5.74) is 0.742. The highest BCUT2D eigenvalue weighted by molar-refractivity contribution is 6.06. The second kappa shape index (κ2) is 6.01. The van der Waals surface area contributed by atoms with E-state index in [0.29, 0.717) is 22.7 Å². The highest BCUT2D eigenvalue weighted by atomic mass is 19.1. The van der Waals surface area contributed by atoms with Crippen LogP contribution in [0.5, 0.6) is 11.5 Å². The van der Waals surface area contributed by atoms with Gasteiger partial charge in [-0.3, -0.25) is 4.79 Å². The molecule has 0 unspecified atom stereocenters. The molecule has 104 valence electrons. The molecule has 2 rings (SSSR count). The van der Waals surface area contributed by atoms with Gasteiger partial charge in [0.1, 0.15) is 11.5 Å². The lowest BCUT2D eigenvalue weighted by molar-refractivity contribution is 0.102. The van der Waals surface area contributed by atoms with Crippen LogP contribution in [0, 0.1) is 5.95 Å². The second-order valence-electron chi connectivity index (χ2n) is 3.89. The summed E-state index contributed by atoms with van der Waals surface area (Å²) in [4.78, 5) is 15.6. The van der Waals surface area contributed by atoms with Crippen molar-refractivity contribution in [2.45, 2.75) is 0 Å². The number of hydrogen-bond donors (Lipinski definition) is 1. The minimum absolute atomic E-state index is 0.345. The summed E-state index contributed by atoms with van der Waals surface area (Å²) in [6, 6.07) is 7.44. The van der Waals surface area contributed by atoms with Gasteiger partial charge in [-0.05, 0) is 24.3 Å². The van der Waals surface area contributed by atoms with Gasteiger partial charge in [0.25, 0.3) is 5.91 Å². The van der Waals surface area contributed by atoms with Crippen molar-refractivity contribution in [2.24, 2.45) is 0 Å². The molecule has 2 aromatic rings. The summed E-state index contributed by atoms with van der Waals surface area (Å²) in [6.45, 7) is 0. The number of benzene rings is 1. The average molecular weight is 276 g/mol. The highest BCUT2D eigenvalue weighted by Crippen LogP contribution is 2.25. The van der Waals surface area contributed by atoms with Gasteiger partial charge < -0.3 is 14.8 Å². The van der Waals surface area contributed by atoms with Crippen molar-refractivity contribution in [1.29, 1.82) is 0 Å². The molecule has 0 aliphatic heterocycles. The van der Waals surface area contributed by atoms with E-state index in [1.54, 1.807) is 18.2 Å². The molecule has 1 N–H and O–H groups in total. The Kier molecular flexibility index (Phi) is 4.14. The van der Waals surface area contributed by atoms with Crippen molar-refractivity contribution in [3.63, 3.8) is 0 Å². The summed E-state index contributed by atoms with van der Waals surface area (Å²) < 4.78 is 22.9. The van der Waals surface area contributed by atoms with Gasteiger partial charge in [0.2, 0.25) is 5.95 Å². The summed E-state index contributed by atoms with van der Waals surface area (Å²) in [7, 11) is 2.99. The summed E-state index contributed by atoms with van der Waals surface area (Å²) in [5.74, 6) is -0.0123. The number of nitrogens with one attached hydrogen (secondary N) is 1. The highest BCUT2D eigenvalue weighted by Gasteiger charge is 2.13. The Balaban J connectivity index is 2.22. The van der Waals surface area contributed by atoms with Crippen molar-refractivity contribution in [3.05, 3.63) is 48.0 Å². The van der Waals surface area contributed by atoms with E-state index in [1.807, 2.05) is 0 Å². The molecule has 0 fully saturated rings. The number of anilines is 1. The Morgan fingerprint density at radius 2 is 2.00 bits per heavy atom. The molecular weight excluding hydrogens is 263 g/mol. The normalized spacial score (nSPS) is 9.95. The summed E-state index contributed by atoms with van der Waals surface area (Å²) >= 11 is 0.